The van der Waals surface area contributed by atoms with Crippen LogP contribution in [0.1, 0.15) is 50.9 Å². The number of aromatic nitrogens is 1. The van der Waals surface area contributed by atoms with Crippen molar-refractivity contribution in [3.05, 3.63) is 16.1 Å². The molecule has 5 nitrogen and oxygen atoms in total. The molecule has 6 heteroatoms. The average Bonchev–Trinajstić information content (AvgIpc) is 2.89. The first-order valence-electron chi connectivity index (χ1n) is 8.63. The third kappa shape index (κ3) is 7.79. The van der Waals surface area contributed by atoms with Crippen LogP contribution in [-0.2, 0) is 6.54 Å². The average molecular weight is 340 g/mol. The van der Waals surface area contributed by atoms with Gasteiger partial charge in [0.25, 0.3) is 0 Å². The van der Waals surface area contributed by atoms with Gasteiger partial charge in [-0.15, -0.1) is 11.3 Å². The normalized spacial score (nSPS) is 12.5. The quantitative estimate of drug-likeness (QED) is 0.412. The molecule has 0 aliphatic heterocycles. The minimum Gasteiger partial charge on any atom is -0.357 e. The zero-order valence-electron chi connectivity index (χ0n) is 15.5. The van der Waals surface area contributed by atoms with Crippen molar-refractivity contribution in [1.29, 1.82) is 0 Å². The van der Waals surface area contributed by atoms with E-state index >= 15 is 0 Å². The highest BCUT2D eigenvalue weighted by molar-refractivity contribution is 7.11. The second-order valence-corrected chi connectivity index (χ2v) is 7.58. The first-order valence-corrected chi connectivity index (χ1v) is 9.44. The van der Waals surface area contributed by atoms with Crippen LogP contribution in [0.4, 0.5) is 0 Å². The van der Waals surface area contributed by atoms with E-state index in [1.54, 1.807) is 11.3 Å². The topological polar surface area (TPSA) is 52.6 Å². The lowest BCUT2D eigenvalue weighted by Gasteiger charge is -2.30. The van der Waals surface area contributed by atoms with E-state index in [0.29, 0.717) is 18.6 Å². The number of nitrogens with zero attached hydrogens (tertiary/aromatic N) is 3. The zero-order chi connectivity index (χ0) is 17.2. The van der Waals surface area contributed by atoms with Crippen molar-refractivity contribution >= 4 is 17.3 Å². The first kappa shape index (κ1) is 19.9. The highest BCUT2D eigenvalue weighted by atomic mass is 32.1. The maximum atomic E-state index is 4.61. The number of guanidine groups is 1. The molecule has 0 amide bonds. The second kappa shape index (κ2) is 10.6. The minimum atomic E-state index is 0.588. The molecule has 0 unspecified atom stereocenters. The van der Waals surface area contributed by atoms with E-state index in [1.807, 2.05) is 6.20 Å². The van der Waals surface area contributed by atoms with Crippen LogP contribution in [0.15, 0.2) is 11.2 Å². The first-order chi connectivity index (χ1) is 10.9. The van der Waals surface area contributed by atoms with Gasteiger partial charge in [-0.1, -0.05) is 0 Å². The predicted octanol–water partition coefficient (Wildman–Crippen LogP) is 3.02. The van der Waals surface area contributed by atoms with Crippen LogP contribution in [0.2, 0.25) is 0 Å². The third-order valence-electron chi connectivity index (χ3n) is 3.60. The molecule has 0 radical (unpaired) electrons. The summed E-state index contributed by atoms with van der Waals surface area (Å²) in [7, 11) is 0. The lowest BCUT2D eigenvalue weighted by atomic mass is 10.2. The van der Waals surface area contributed by atoms with E-state index in [4.69, 9.17) is 0 Å². The van der Waals surface area contributed by atoms with Gasteiger partial charge < -0.3 is 10.6 Å². The summed E-state index contributed by atoms with van der Waals surface area (Å²) in [5.74, 6) is 0.876. The van der Waals surface area contributed by atoms with Gasteiger partial charge in [0.05, 0.1) is 6.54 Å². The fourth-order valence-corrected chi connectivity index (χ4v) is 3.26. The van der Waals surface area contributed by atoms with Gasteiger partial charge in [0.2, 0.25) is 0 Å². The Morgan fingerprint density at radius 3 is 2.48 bits per heavy atom. The predicted molar refractivity (Wildman–Crippen MR) is 101 cm³/mol. The minimum absolute atomic E-state index is 0.588. The van der Waals surface area contributed by atoms with Gasteiger partial charge in [0, 0.05) is 42.8 Å². The molecule has 0 saturated heterocycles. The summed E-state index contributed by atoms with van der Waals surface area (Å²) in [5.41, 5.74) is 0. The third-order valence-corrected chi connectivity index (χ3v) is 4.50. The summed E-state index contributed by atoms with van der Waals surface area (Å²) in [6, 6.07) is 1.18. The molecule has 0 atom stereocenters. The second-order valence-electron chi connectivity index (χ2n) is 6.27. The van der Waals surface area contributed by atoms with Crippen LogP contribution in [0.3, 0.4) is 0 Å². The van der Waals surface area contributed by atoms with Crippen LogP contribution in [0.5, 0.6) is 0 Å². The van der Waals surface area contributed by atoms with Crippen molar-refractivity contribution in [2.75, 3.05) is 19.6 Å². The van der Waals surface area contributed by atoms with Gasteiger partial charge in [-0.25, -0.2) is 9.98 Å². The van der Waals surface area contributed by atoms with Crippen molar-refractivity contribution in [3.8, 4) is 0 Å². The molecule has 0 aromatic carbocycles. The molecule has 0 spiro atoms. The number of thiazole rings is 1. The molecule has 0 saturated carbocycles. The molecule has 0 aliphatic carbocycles. The van der Waals surface area contributed by atoms with Crippen molar-refractivity contribution in [1.82, 2.24) is 20.5 Å². The summed E-state index contributed by atoms with van der Waals surface area (Å²) < 4.78 is 0. The van der Waals surface area contributed by atoms with E-state index in [9.17, 15) is 0 Å². The van der Waals surface area contributed by atoms with Crippen LogP contribution < -0.4 is 10.6 Å². The maximum absolute atomic E-state index is 4.61. The molecule has 1 aromatic heterocycles. The summed E-state index contributed by atoms with van der Waals surface area (Å²) >= 11 is 1.71. The molecule has 1 heterocycles. The Morgan fingerprint density at radius 1 is 1.26 bits per heavy atom. The summed E-state index contributed by atoms with van der Waals surface area (Å²) in [6.45, 7) is 16.7. The summed E-state index contributed by atoms with van der Waals surface area (Å²) in [4.78, 5) is 12.7. The van der Waals surface area contributed by atoms with Gasteiger partial charge >= 0.3 is 0 Å². The van der Waals surface area contributed by atoms with Gasteiger partial charge in [-0.05, 0) is 48.0 Å². The molecule has 23 heavy (non-hydrogen) atoms. The van der Waals surface area contributed by atoms with Crippen molar-refractivity contribution in [2.45, 2.75) is 66.6 Å². The Bertz CT molecular complexity index is 459. The fraction of sp³-hybridized carbons (Fsp3) is 0.765. The Labute approximate surface area is 145 Å². The number of rotatable bonds is 9. The number of aliphatic imine (C=N–C) groups is 1. The molecule has 1 aromatic rings. The lowest BCUT2D eigenvalue weighted by Crippen LogP contribution is -2.41. The highest BCUT2D eigenvalue weighted by Gasteiger charge is 2.12. The van der Waals surface area contributed by atoms with E-state index in [1.165, 1.54) is 4.88 Å². The largest absolute Gasteiger partial charge is 0.357 e. The Balaban J connectivity index is 2.40. The highest BCUT2D eigenvalue weighted by Crippen LogP contribution is 2.11. The smallest absolute Gasteiger partial charge is 0.191 e. The Morgan fingerprint density at radius 2 is 1.96 bits per heavy atom. The van der Waals surface area contributed by atoms with E-state index in [0.717, 1.165) is 37.0 Å². The fourth-order valence-electron chi connectivity index (χ4n) is 2.54. The van der Waals surface area contributed by atoms with Crippen molar-refractivity contribution in [2.24, 2.45) is 4.99 Å². The molecule has 2 N–H and O–H groups in total. The van der Waals surface area contributed by atoms with Crippen LogP contribution >= 0.6 is 11.3 Å². The van der Waals surface area contributed by atoms with Crippen molar-refractivity contribution in [3.63, 3.8) is 0 Å². The van der Waals surface area contributed by atoms with Gasteiger partial charge in [-0.3, -0.25) is 4.90 Å². The lowest BCUT2D eigenvalue weighted by molar-refractivity contribution is 0.173. The molecule has 1 rings (SSSR count). The summed E-state index contributed by atoms with van der Waals surface area (Å²) in [6.07, 6.45) is 3.01. The van der Waals surface area contributed by atoms with Gasteiger partial charge in [0.1, 0.15) is 5.01 Å². The number of nitrogens with one attached hydrogen (secondary N) is 2. The van der Waals surface area contributed by atoms with Crippen LogP contribution in [0.25, 0.3) is 0 Å². The van der Waals surface area contributed by atoms with E-state index in [-0.39, 0.29) is 0 Å². The SMILES string of the molecule is CCNC(=NCc1ncc(C)s1)NCCCN(C(C)C)C(C)C. The molecule has 0 bridgehead atoms. The van der Waals surface area contributed by atoms with Gasteiger partial charge in [-0.2, -0.15) is 0 Å². The van der Waals surface area contributed by atoms with E-state index < -0.39 is 0 Å². The van der Waals surface area contributed by atoms with Crippen LogP contribution in [-0.4, -0.2) is 47.6 Å². The number of hydrogen-bond donors (Lipinski definition) is 2. The molecule has 132 valence electrons. The zero-order valence-corrected chi connectivity index (χ0v) is 16.3. The Kier molecular flexibility index (Phi) is 9.17. The van der Waals surface area contributed by atoms with Crippen molar-refractivity contribution < 1.29 is 0 Å². The summed E-state index contributed by atoms with van der Waals surface area (Å²) in [5, 5.41) is 7.78. The standard InChI is InChI=1S/C17H33N5S/c1-7-18-17(21-12-16-20-11-15(6)23-16)19-9-8-10-22(13(2)3)14(4)5/h11,13-14H,7-10,12H2,1-6H3,(H2,18,19,21). The van der Waals surface area contributed by atoms with E-state index in [2.05, 4.69) is 67.1 Å². The number of hydrogen-bond acceptors (Lipinski definition) is 4. The molecular formula is C17H33N5S. The van der Waals surface area contributed by atoms with Gasteiger partial charge in [0.15, 0.2) is 5.96 Å². The molecule has 0 aliphatic rings. The molecule has 0 fully saturated rings. The maximum Gasteiger partial charge on any atom is 0.191 e. The van der Waals surface area contributed by atoms with Crippen LogP contribution in [0, 0.1) is 6.92 Å². The monoisotopic (exact) mass is 339 g/mol. The Hall–Kier alpha value is -1.14. The molecular weight excluding hydrogens is 306 g/mol. The number of aryl methyl sites for hydroxylation is 1.